The summed E-state index contributed by atoms with van der Waals surface area (Å²) in [6, 6.07) is 0.347. The van der Waals surface area contributed by atoms with Crippen molar-refractivity contribution in [2.24, 2.45) is 11.8 Å². The Morgan fingerprint density at radius 2 is 2.05 bits per heavy atom. The number of amides is 2. The lowest BCUT2D eigenvalue weighted by Crippen LogP contribution is -2.48. The number of rotatable bonds is 4. The van der Waals surface area contributed by atoms with Gasteiger partial charge in [-0.05, 0) is 26.3 Å². The van der Waals surface area contributed by atoms with Gasteiger partial charge in [0.25, 0.3) is 0 Å². The number of nitrogens with two attached hydrogens (primary N) is 1. The Kier molecular flexibility index (Phi) is 5.33. The molecule has 0 spiro atoms. The van der Waals surface area contributed by atoms with Gasteiger partial charge in [0.15, 0.2) is 0 Å². The van der Waals surface area contributed by atoms with E-state index in [9.17, 15) is 9.59 Å². The zero-order chi connectivity index (χ0) is 14.5. The predicted molar refractivity (Wildman–Crippen MR) is 73.5 cm³/mol. The van der Waals surface area contributed by atoms with Crippen LogP contribution in [0.4, 0.5) is 0 Å². The second-order valence-electron chi connectivity index (χ2n) is 5.60. The molecule has 7 heteroatoms. The molecule has 2 fully saturated rings. The molecule has 0 saturated carbocycles. The molecule has 1 unspecified atom stereocenters. The van der Waals surface area contributed by atoms with Crippen LogP contribution in [0.2, 0.25) is 0 Å². The van der Waals surface area contributed by atoms with E-state index in [0.29, 0.717) is 45.1 Å². The molecule has 0 aromatic heterocycles. The second kappa shape index (κ2) is 7.01. The summed E-state index contributed by atoms with van der Waals surface area (Å²) in [5.74, 6) is 5.07. The normalized spacial score (nSPS) is 24.1. The Labute approximate surface area is 119 Å². The fourth-order valence-electron chi connectivity index (χ4n) is 2.82. The van der Waals surface area contributed by atoms with Gasteiger partial charge in [-0.3, -0.25) is 19.9 Å². The lowest BCUT2D eigenvalue weighted by Gasteiger charge is -2.33. The van der Waals surface area contributed by atoms with Crippen LogP contribution in [0, 0.1) is 5.92 Å². The first-order valence-electron chi connectivity index (χ1n) is 7.18. The summed E-state index contributed by atoms with van der Waals surface area (Å²) < 4.78 is 5.34. The maximum absolute atomic E-state index is 12.2. The van der Waals surface area contributed by atoms with Crippen LogP contribution in [-0.4, -0.2) is 67.6 Å². The number of hydrazine groups is 1. The highest BCUT2D eigenvalue weighted by Crippen LogP contribution is 2.18. The molecule has 0 aliphatic carbocycles. The number of nitrogens with one attached hydrogen (secondary N) is 1. The Hall–Kier alpha value is -1.18. The molecular weight excluding hydrogens is 260 g/mol. The van der Waals surface area contributed by atoms with Crippen molar-refractivity contribution in [3.05, 3.63) is 0 Å². The van der Waals surface area contributed by atoms with Crippen LogP contribution in [0.3, 0.4) is 0 Å². The van der Waals surface area contributed by atoms with E-state index in [1.54, 1.807) is 0 Å². The first-order chi connectivity index (χ1) is 9.61. The zero-order valence-corrected chi connectivity index (χ0v) is 12.0. The topological polar surface area (TPSA) is 87.9 Å². The number of nitrogens with zero attached hydrogens (tertiary/aromatic N) is 2. The summed E-state index contributed by atoms with van der Waals surface area (Å²) in [5.41, 5.74) is 2.18. The zero-order valence-electron chi connectivity index (χ0n) is 12.0. The largest absolute Gasteiger partial charge is 0.380 e. The molecule has 1 atom stereocenters. The van der Waals surface area contributed by atoms with Crippen molar-refractivity contribution in [1.82, 2.24) is 15.2 Å². The summed E-state index contributed by atoms with van der Waals surface area (Å²) in [5, 5.41) is 0. The van der Waals surface area contributed by atoms with E-state index in [2.05, 4.69) is 10.3 Å². The molecule has 2 rings (SSSR count). The van der Waals surface area contributed by atoms with Gasteiger partial charge in [-0.15, -0.1) is 0 Å². The monoisotopic (exact) mass is 284 g/mol. The fraction of sp³-hybridized carbons (Fsp3) is 0.846. The molecule has 0 aromatic rings. The van der Waals surface area contributed by atoms with Crippen molar-refractivity contribution in [2.45, 2.75) is 25.3 Å². The number of hydrogen-bond donors (Lipinski definition) is 2. The molecule has 2 saturated heterocycles. The maximum Gasteiger partial charge on any atom is 0.237 e. The van der Waals surface area contributed by atoms with Crippen molar-refractivity contribution < 1.29 is 14.3 Å². The van der Waals surface area contributed by atoms with Crippen molar-refractivity contribution in [3.63, 3.8) is 0 Å². The minimum Gasteiger partial charge on any atom is -0.380 e. The van der Waals surface area contributed by atoms with E-state index in [1.807, 2.05) is 11.9 Å². The third-order valence-corrected chi connectivity index (χ3v) is 4.27. The number of piperidine rings is 1. The van der Waals surface area contributed by atoms with Gasteiger partial charge in [-0.2, -0.15) is 0 Å². The lowest BCUT2D eigenvalue weighted by molar-refractivity contribution is -0.136. The molecule has 2 aliphatic rings. The van der Waals surface area contributed by atoms with E-state index in [-0.39, 0.29) is 17.7 Å². The Morgan fingerprint density at radius 3 is 2.60 bits per heavy atom. The van der Waals surface area contributed by atoms with E-state index >= 15 is 0 Å². The van der Waals surface area contributed by atoms with Gasteiger partial charge >= 0.3 is 0 Å². The number of carbonyl (C=O) groups is 2. The van der Waals surface area contributed by atoms with Crippen LogP contribution in [0.25, 0.3) is 0 Å². The Balaban J connectivity index is 1.75. The molecule has 2 aliphatic heterocycles. The molecule has 2 amide bonds. The van der Waals surface area contributed by atoms with Gasteiger partial charge in [0.05, 0.1) is 13.2 Å². The summed E-state index contributed by atoms with van der Waals surface area (Å²) in [6.07, 6.45) is 2.36. The third kappa shape index (κ3) is 3.68. The van der Waals surface area contributed by atoms with Crippen molar-refractivity contribution in [3.8, 4) is 0 Å². The van der Waals surface area contributed by atoms with Crippen LogP contribution in [-0.2, 0) is 14.3 Å². The van der Waals surface area contributed by atoms with E-state index in [1.165, 1.54) is 0 Å². The van der Waals surface area contributed by atoms with Crippen LogP contribution in [0.1, 0.15) is 19.3 Å². The van der Waals surface area contributed by atoms with Gasteiger partial charge < -0.3 is 9.64 Å². The van der Waals surface area contributed by atoms with Gasteiger partial charge in [0, 0.05) is 31.7 Å². The van der Waals surface area contributed by atoms with Crippen molar-refractivity contribution in [2.75, 3.05) is 39.9 Å². The Morgan fingerprint density at radius 1 is 1.35 bits per heavy atom. The highest BCUT2D eigenvalue weighted by molar-refractivity contribution is 5.80. The smallest absolute Gasteiger partial charge is 0.237 e. The van der Waals surface area contributed by atoms with Gasteiger partial charge in [-0.25, -0.2) is 5.84 Å². The van der Waals surface area contributed by atoms with E-state index < -0.39 is 0 Å². The molecule has 2 heterocycles. The molecule has 114 valence electrons. The molecule has 0 bridgehead atoms. The summed E-state index contributed by atoms with van der Waals surface area (Å²) >= 11 is 0. The number of likely N-dealkylation sites (tertiary alicyclic amines) is 1. The second-order valence-corrected chi connectivity index (χ2v) is 5.60. The van der Waals surface area contributed by atoms with Gasteiger partial charge in [0.1, 0.15) is 0 Å². The van der Waals surface area contributed by atoms with E-state index in [0.717, 1.165) is 13.0 Å². The molecule has 20 heavy (non-hydrogen) atoms. The average Bonchev–Trinajstić information content (AvgIpc) is 3.01. The van der Waals surface area contributed by atoms with Crippen LogP contribution in [0.5, 0.6) is 0 Å². The summed E-state index contributed by atoms with van der Waals surface area (Å²) in [4.78, 5) is 27.6. The maximum atomic E-state index is 12.2. The highest BCUT2D eigenvalue weighted by atomic mass is 16.5. The minimum absolute atomic E-state index is 0.0648. The van der Waals surface area contributed by atoms with Gasteiger partial charge in [0.2, 0.25) is 11.8 Å². The summed E-state index contributed by atoms with van der Waals surface area (Å²) in [7, 11) is 1.96. The highest BCUT2D eigenvalue weighted by Gasteiger charge is 2.28. The number of carbonyl (C=O) groups excluding carboxylic acids is 2. The quantitative estimate of drug-likeness (QED) is 0.390. The standard InChI is InChI=1S/C13H24N4O3/c1-16(11-4-7-20-9-11)8-12(18)17-5-2-10(3-6-17)13(19)15-14/h10-11H,2-9,14H2,1H3,(H,15,19). The molecule has 0 radical (unpaired) electrons. The first-order valence-corrected chi connectivity index (χ1v) is 7.18. The van der Waals surface area contributed by atoms with Gasteiger partial charge in [-0.1, -0.05) is 0 Å². The predicted octanol–water partition coefficient (Wildman–Crippen LogP) is -1.06. The molecule has 0 aromatic carbocycles. The van der Waals surface area contributed by atoms with Crippen LogP contribution < -0.4 is 11.3 Å². The van der Waals surface area contributed by atoms with E-state index in [4.69, 9.17) is 10.6 Å². The summed E-state index contributed by atoms with van der Waals surface area (Å²) in [6.45, 7) is 3.17. The minimum atomic E-state index is -0.127. The molecule has 7 nitrogen and oxygen atoms in total. The first kappa shape index (κ1) is 15.2. The number of ether oxygens (including phenoxy) is 1. The number of likely N-dealkylation sites (N-methyl/N-ethyl adjacent to an activating group) is 1. The SMILES string of the molecule is CN(CC(=O)N1CCC(C(=O)NN)CC1)C1CCOC1. The molecular formula is C13H24N4O3. The molecule has 3 N–H and O–H groups in total. The van der Waals surface area contributed by atoms with Crippen molar-refractivity contribution in [1.29, 1.82) is 0 Å². The third-order valence-electron chi connectivity index (χ3n) is 4.27. The lowest BCUT2D eigenvalue weighted by atomic mass is 9.96. The Bertz CT molecular complexity index is 350. The number of hydrogen-bond acceptors (Lipinski definition) is 5. The van der Waals surface area contributed by atoms with Crippen LogP contribution >= 0.6 is 0 Å². The average molecular weight is 284 g/mol. The fourth-order valence-corrected chi connectivity index (χ4v) is 2.82. The van der Waals surface area contributed by atoms with Crippen LogP contribution in [0.15, 0.2) is 0 Å². The van der Waals surface area contributed by atoms with Crippen molar-refractivity contribution >= 4 is 11.8 Å².